The number of likely N-dealkylation sites (N-methyl/N-ethyl adjacent to an activating group) is 1. The van der Waals surface area contributed by atoms with Gasteiger partial charge in [-0.25, -0.2) is 0 Å². The van der Waals surface area contributed by atoms with Gasteiger partial charge in [-0.1, -0.05) is 132 Å². The molecule has 0 aromatic heterocycles. The van der Waals surface area contributed by atoms with Crippen LogP contribution in [0.4, 0.5) is 0 Å². The van der Waals surface area contributed by atoms with Gasteiger partial charge in [-0.2, -0.15) is 0 Å². The molecule has 12 heteroatoms. The Hall–Kier alpha value is -2.92. The standard InChI is InChI=1S/C48H80NO10P/c1-6-8-10-11-12-13-14-15-16-17-18-19-20-21-22-23-29-33-48(53)59-44(41-58-60(54,55)57-39-38-49(3,4)5)40-56-47(52)32-28-25-24-27-30-42-34-37-46(51)45(42)36-35-43(50)31-26-9-7-2/h15-16,18-19,21-22,24,27,34-37,42-45,50H,6-14,17,20,23,25-26,28-33,38-41H2,1-5H3/b16-15-,19-18-,22-21-,27-24-,36-35+/t42-,43-,44+,45+/m0/s1. The van der Waals surface area contributed by atoms with Crippen LogP contribution >= 0.6 is 7.82 Å². The van der Waals surface area contributed by atoms with Gasteiger partial charge < -0.3 is 33.0 Å². The number of phosphoric ester groups is 1. The second kappa shape index (κ2) is 34.6. The third-order valence-electron chi connectivity index (χ3n) is 9.95. The Balaban J connectivity index is 2.50. The first-order valence-corrected chi connectivity index (χ1v) is 24.2. The summed E-state index contributed by atoms with van der Waals surface area (Å²) >= 11 is 0. The highest BCUT2D eigenvalue weighted by atomic mass is 31.2. The van der Waals surface area contributed by atoms with E-state index in [4.69, 9.17) is 18.5 Å². The summed E-state index contributed by atoms with van der Waals surface area (Å²) in [7, 11) is 1.01. The first kappa shape index (κ1) is 55.1. The molecule has 1 unspecified atom stereocenters. The number of hydrogen-bond donors (Lipinski definition) is 1. The average Bonchev–Trinajstić information content (AvgIpc) is 3.55. The average molecular weight is 862 g/mol. The van der Waals surface area contributed by atoms with Crippen molar-refractivity contribution >= 4 is 25.5 Å². The van der Waals surface area contributed by atoms with Crippen LogP contribution in [0, 0.1) is 11.8 Å². The van der Waals surface area contributed by atoms with Gasteiger partial charge in [0, 0.05) is 18.8 Å². The molecular formula is C48H80NO10P. The van der Waals surface area contributed by atoms with E-state index in [1.54, 1.807) is 12.2 Å². The molecule has 0 amide bonds. The molecule has 0 aliphatic heterocycles. The number of aliphatic hydroxyl groups is 1. The topological polar surface area (TPSA) is 148 Å². The molecule has 60 heavy (non-hydrogen) atoms. The second-order valence-electron chi connectivity index (χ2n) is 16.7. The first-order chi connectivity index (χ1) is 28.8. The number of ether oxygens (including phenoxy) is 2. The van der Waals surface area contributed by atoms with Crippen LogP contribution in [0.25, 0.3) is 0 Å². The van der Waals surface area contributed by atoms with E-state index < -0.39 is 38.6 Å². The number of unbranched alkanes of at least 4 members (excludes halogenated alkanes) is 10. The SMILES string of the molecule is CCCCCCCC/C=C\C/C=C\C/C=C\CCCC(=O)O[C@H](COC(=O)CCC/C=C\C[C@H]1C=CC(=O)[C@@H]1/C=C/[C@@H](O)CCCCC)COP(=O)([O-])OCC[N+](C)(C)C. The summed E-state index contributed by atoms with van der Waals surface area (Å²) in [5, 5.41) is 10.2. The Bertz CT molecular complexity index is 1400. The predicted octanol–water partition coefficient (Wildman–Crippen LogP) is 10.0. The molecule has 0 aromatic rings. The summed E-state index contributed by atoms with van der Waals surface area (Å²) in [6.45, 7) is 3.81. The lowest BCUT2D eigenvalue weighted by molar-refractivity contribution is -0.870. The summed E-state index contributed by atoms with van der Waals surface area (Å²) in [5.41, 5.74) is 0. The van der Waals surface area contributed by atoms with Crippen LogP contribution in [0.15, 0.2) is 72.9 Å². The Morgan fingerprint density at radius 3 is 2.03 bits per heavy atom. The van der Waals surface area contributed by atoms with E-state index in [-0.39, 0.29) is 43.7 Å². The summed E-state index contributed by atoms with van der Waals surface area (Å²) in [6.07, 6.45) is 40.0. The van der Waals surface area contributed by atoms with Crippen LogP contribution in [-0.2, 0) is 37.5 Å². The summed E-state index contributed by atoms with van der Waals surface area (Å²) in [4.78, 5) is 50.1. The van der Waals surface area contributed by atoms with E-state index in [0.29, 0.717) is 49.6 Å². The number of rotatable bonds is 37. The number of allylic oxidation sites excluding steroid dienone is 11. The summed E-state index contributed by atoms with van der Waals surface area (Å²) in [5.74, 6) is -1.28. The lowest BCUT2D eigenvalue weighted by Gasteiger charge is -2.28. The number of phosphoric acid groups is 1. The third-order valence-corrected chi connectivity index (χ3v) is 10.9. The van der Waals surface area contributed by atoms with Crippen molar-refractivity contribution < 1.29 is 52.0 Å². The molecule has 1 N–H and O–H groups in total. The molecule has 0 aromatic carbocycles. The number of aliphatic hydroxyl groups excluding tert-OH is 1. The normalized spacial score (nSPS) is 18.1. The molecular weight excluding hydrogens is 781 g/mol. The Morgan fingerprint density at radius 1 is 0.783 bits per heavy atom. The number of quaternary nitrogens is 1. The number of esters is 2. The number of carbonyl (C=O) groups excluding carboxylic acids is 3. The molecule has 11 nitrogen and oxygen atoms in total. The van der Waals surface area contributed by atoms with Crippen molar-refractivity contribution in [1.29, 1.82) is 0 Å². The van der Waals surface area contributed by atoms with Crippen LogP contribution < -0.4 is 4.89 Å². The van der Waals surface area contributed by atoms with Gasteiger partial charge in [0.05, 0.1) is 33.9 Å². The molecule has 342 valence electrons. The number of hydrogen-bond acceptors (Lipinski definition) is 10. The van der Waals surface area contributed by atoms with Crippen LogP contribution in [0.3, 0.4) is 0 Å². The maximum absolute atomic E-state index is 12.7. The van der Waals surface area contributed by atoms with Crippen molar-refractivity contribution in [3.05, 3.63) is 72.9 Å². The van der Waals surface area contributed by atoms with E-state index >= 15 is 0 Å². The molecule has 1 aliphatic rings. The van der Waals surface area contributed by atoms with Crippen LogP contribution in [0.5, 0.6) is 0 Å². The zero-order valence-corrected chi connectivity index (χ0v) is 38.6. The fourth-order valence-electron chi connectivity index (χ4n) is 6.25. The van der Waals surface area contributed by atoms with E-state index in [1.165, 1.54) is 38.5 Å². The molecule has 5 atom stereocenters. The highest BCUT2D eigenvalue weighted by Crippen LogP contribution is 2.38. The monoisotopic (exact) mass is 862 g/mol. The quantitative estimate of drug-likeness (QED) is 0.0210. The number of carbonyl (C=O) groups is 3. The number of ketones is 1. The maximum atomic E-state index is 12.7. The van der Waals surface area contributed by atoms with Crippen molar-refractivity contribution in [1.82, 2.24) is 0 Å². The Morgan fingerprint density at radius 2 is 1.37 bits per heavy atom. The smallest absolute Gasteiger partial charge is 0.306 e. The Kier molecular flexibility index (Phi) is 31.8. The van der Waals surface area contributed by atoms with E-state index in [9.17, 15) is 28.9 Å². The lowest BCUT2D eigenvalue weighted by Crippen LogP contribution is -2.37. The largest absolute Gasteiger partial charge is 0.756 e. The molecule has 0 bridgehead atoms. The van der Waals surface area contributed by atoms with Gasteiger partial charge in [0.25, 0.3) is 7.82 Å². The molecule has 0 saturated heterocycles. The van der Waals surface area contributed by atoms with Crippen molar-refractivity contribution in [2.45, 2.75) is 154 Å². The van der Waals surface area contributed by atoms with Gasteiger partial charge in [-0.3, -0.25) is 18.9 Å². The highest BCUT2D eigenvalue weighted by molar-refractivity contribution is 7.45. The van der Waals surface area contributed by atoms with Crippen LogP contribution in [0.1, 0.15) is 142 Å². The fourth-order valence-corrected chi connectivity index (χ4v) is 6.98. The van der Waals surface area contributed by atoms with Crippen LogP contribution in [-0.4, -0.2) is 87.0 Å². The van der Waals surface area contributed by atoms with Gasteiger partial charge in [0.15, 0.2) is 11.9 Å². The third kappa shape index (κ3) is 31.9. The van der Waals surface area contributed by atoms with E-state index in [1.807, 2.05) is 51.5 Å². The lowest BCUT2D eigenvalue weighted by atomic mass is 9.90. The van der Waals surface area contributed by atoms with Gasteiger partial charge in [0.2, 0.25) is 0 Å². The summed E-state index contributed by atoms with van der Waals surface area (Å²) < 4.78 is 33.8. The van der Waals surface area contributed by atoms with Gasteiger partial charge in [-0.15, -0.1) is 0 Å². The zero-order valence-electron chi connectivity index (χ0n) is 37.7. The van der Waals surface area contributed by atoms with Gasteiger partial charge in [0.1, 0.15) is 19.8 Å². The van der Waals surface area contributed by atoms with Crippen molar-refractivity contribution in [3.8, 4) is 0 Å². The zero-order chi connectivity index (χ0) is 44.3. The number of nitrogens with zero attached hydrogens (tertiary/aromatic N) is 1. The summed E-state index contributed by atoms with van der Waals surface area (Å²) in [6, 6.07) is 0. The van der Waals surface area contributed by atoms with Gasteiger partial charge >= 0.3 is 11.9 Å². The maximum Gasteiger partial charge on any atom is 0.306 e. The molecule has 1 rings (SSSR count). The van der Waals surface area contributed by atoms with Crippen LogP contribution in [0.2, 0.25) is 0 Å². The minimum atomic E-state index is -4.69. The highest BCUT2D eigenvalue weighted by Gasteiger charge is 2.27. The van der Waals surface area contributed by atoms with Crippen molar-refractivity contribution in [2.24, 2.45) is 11.8 Å². The molecule has 0 heterocycles. The molecule has 0 radical (unpaired) electrons. The Labute approximate surface area is 363 Å². The minimum absolute atomic E-state index is 0.0213. The van der Waals surface area contributed by atoms with Gasteiger partial charge in [-0.05, 0) is 76.2 Å². The molecule has 0 spiro atoms. The van der Waals surface area contributed by atoms with Crippen molar-refractivity contribution in [3.63, 3.8) is 0 Å². The van der Waals surface area contributed by atoms with E-state index in [2.05, 4.69) is 44.2 Å². The molecule has 0 fully saturated rings. The minimum Gasteiger partial charge on any atom is -0.756 e. The van der Waals surface area contributed by atoms with E-state index in [0.717, 1.165) is 38.5 Å². The fraction of sp³-hybridized carbons (Fsp3) is 0.688. The first-order valence-electron chi connectivity index (χ1n) is 22.7. The molecule has 1 aliphatic carbocycles. The van der Waals surface area contributed by atoms with Crippen molar-refractivity contribution in [2.75, 3.05) is 47.5 Å². The predicted molar refractivity (Wildman–Crippen MR) is 240 cm³/mol. The second-order valence-corrected chi connectivity index (χ2v) is 18.1. The molecule has 0 saturated carbocycles.